The van der Waals surface area contributed by atoms with Crippen LogP contribution in [0.2, 0.25) is 0 Å². The molecule has 0 bridgehead atoms. The largest absolute Gasteiger partial charge is 0.508 e. The molecule has 0 aromatic heterocycles. The summed E-state index contributed by atoms with van der Waals surface area (Å²) in [7, 11) is 0. The molecular formula is C12H16O4. The van der Waals surface area contributed by atoms with Gasteiger partial charge >= 0.3 is 5.97 Å². The van der Waals surface area contributed by atoms with Crippen LogP contribution in [-0.4, -0.2) is 16.2 Å². The molecule has 0 aliphatic heterocycles. The molecule has 0 spiro atoms. The lowest BCUT2D eigenvalue weighted by molar-refractivity contribution is -0.134. The zero-order valence-electron chi connectivity index (χ0n) is 9.27. The molecule has 4 nitrogen and oxygen atoms in total. The molecule has 1 aromatic rings. The Morgan fingerprint density at radius 2 is 1.81 bits per heavy atom. The number of phenolic OH excluding ortho intramolecular Hbond substituents is 2. The normalized spacial score (nSPS) is 10.1. The van der Waals surface area contributed by atoms with Crippen LogP contribution in [0.5, 0.6) is 17.2 Å². The fourth-order valence-corrected chi connectivity index (χ4v) is 1.33. The molecule has 1 aromatic carbocycles. The van der Waals surface area contributed by atoms with Gasteiger partial charge in [0.05, 0.1) is 0 Å². The first-order valence-corrected chi connectivity index (χ1v) is 5.35. The van der Waals surface area contributed by atoms with E-state index in [0.29, 0.717) is 6.42 Å². The smallest absolute Gasteiger partial charge is 0.311 e. The molecule has 0 aliphatic carbocycles. The molecule has 0 heterocycles. The van der Waals surface area contributed by atoms with E-state index in [-0.39, 0.29) is 23.2 Å². The van der Waals surface area contributed by atoms with Crippen LogP contribution in [0.3, 0.4) is 0 Å². The molecular weight excluding hydrogens is 208 g/mol. The number of phenols is 2. The standard InChI is InChI=1S/C12H16O4/c1-2-3-4-5-12(15)16-11-7-9(13)6-10(14)8-11/h6-8,13-14H,2-5H2,1H3. The minimum Gasteiger partial charge on any atom is -0.508 e. The van der Waals surface area contributed by atoms with Crippen molar-refractivity contribution in [1.29, 1.82) is 0 Å². The number of carbonyl (C=O) groups excluding carboxylic acids is 1. The van der Waals surface area contributed by atoms with Crippen LogP contribution in [0, 0.1) is 0 Å². The number of hydrogen-bond acceptors (Lipinski definition) is 4. The third-order valence-corrected chi connectivity index (χ3v) is 2.09. The zero-order chi connectivity index (χ0) is 12.0. The second-order valence-electron chi connectivity index (χ2n) is 3.62. The molecule has 0 unspecified atom stereocenters. The van der Waals surface area contributed by atoms with Crippen LogP contribution in [0.4, 0.5) is 0 Å². The minimum absolute atomic E-state index is 0.128. The van der Waals surface area contributed by atoms with E-state index < -0.39 is 0 Å². The summed E-state index contributed by atoms with van der Waals surface area (Å²) in [6, 6.07) is 3.75. The van der Waals surface area contributed by atoms with Crippen molar-refractivity contribution in [1.82, 2.24) is 0 Å². The van der Waals surface area contributed by atoms with Crippen LogP contribution >= 0.6 is 0 Å². The predicted octanol–water partition coefficient (Wildman–Crippen LogP) is 2.58. The Hall–Kier alpha value is -1.71. The van der Waals surface area contributed by atoms with E-state index >= 15 is 0 Å². The van der Waals surface area contributed by atoms with Gasteiger partial charge in [0.1, 0.15) is 17.2 Å². The van der Waals surface area contributed by atoms with E-state index in [4.69, 9.17) is 14.9 Å². The highest BCUT2D eigenvalue weighted by Gasteiger charge is 2.06. The number of hydrogen-bond donors (Lipinski definition) is 2. The number of unbranched alkanes of at least 4 members (excludes halogenated alkanes) is 2. The number of rotatable bonds is 5. The summed E-state index contributed by atoms with van der Waals surface area (Å²) in [6.45, 7) is 2.05. The summed E-state index contributed by atoms with van der Waals surface area (Å²) in [5.41, 5.74) is 0. The Morgan fingerprint density at radius 1 is 1.19 bits per heavy atom. The minimum atomic E-state index is -0.349. The summed E-state index contributed by atoms with van der Waals surface area (Å²) >= 11 is 0. The SMILES string of the molecule is CCCCCC(=O)Oc1cc(O)cc(O)c1. The summed E-state index contributed by atoms with van der Waals surface area (Å²) in [5.74, 6) is -0.440. The van der Waals surface area contributed by atoms with Crippen molar-refractivity contribution in [2.75, 3.05) is 0 Å². The van der Waals surface area contributed by atoms with Crippen LogP contribution in [0.15, 0.2) is 18.2 Å². The van der Waals surface area contributed by atoms with Gasteiger partial charge in [0, 0.05) is 24.6 Å². The maximum absolute atomic E-state index is 11.3. The molecule has 0 amide bonds. The van der Waals surface area contributed by atoms with Crippen LogP contribution in [-0.2, 0) is 4.79 Å². The second kappa shape index (κ2) is 6.00. The number of carbonyl (C=O) groups is 1. The van der Waals surface area contributed by atoms with Gasteiger partial charge in [-0.15, -0.1) is 0 Å². The lowest BCUT2D eigenvalue weighted by atomic mass is 10.2. The van der Waals surface area contributed by atoms with Gasteiger partial charge in [0.15, 0.2) is 0 Å². The molecule has 0 aliphatic rings. The molecule has 1 rings (SSSR count). The average Bonchev–Trinajstić information content (AvgIpc) is 2.16. The molecule has 2 N–H and O–H groups in total. The Bertz CT molecular complexity index is 340. The Labute approximate surface area is 94.5 Å². The third-order valence-electron chi connectivity index (χ3n) is 2.09. The van der Waals surface area contributed by atoms with E-state index in [1.54, 1.807) is 0 Å². The summed E-state index contributed by atoms with van der Waals surface area (Å²) in [6.07, 6.45) is 3.17. The highest BCUT2D eigenvalue weighted by atomic mass is 16.5. The Morgan fingerprint density at radius 3 is 2.38 bits per heavy atom. The molecule has 0 atom stereocenters. The van der Waals surface area contributed by atoms with Crippen LogP contribution in [0.25, 0.3) is 0 Å². The van der Waals surface area contributed by atoms with Crippen molar-refractivity contribution in [2.24, 2.45) is 0 Å². The maximum Gasteiger partial charge on any atom is 0.311 e. The lowest BCUT2D eigenvalue weighted by Crippen LogP contribution is -2.07. The fraction of sp³-hybridized carbons (Fsp3) is 0.417. The van der Waals surface area contributed by atoms with Gasteiger partial charge < -0.3 is 14.9 Å². The monoisotopic (exact) mass is 224 g/mol. The maximum atomic E-state index is 11.3. The van der Waals surface area contributed by atoms with Gasteiger partial charge in [0.2, 0.25) is 0 Å². The highest BCUT2D eigenvalue weighted by Crippen LogP contribution is 2.26. The number of benzene rings is 1. The van der Waals surface area contributed by atoms with Gasteiger partial charge in [-0.1, -0.05) is 19.8 Å². The van der Waals surface area contributed by atoms with Crippen molar-refractivity contribution >= 4 is 5.97 Å². The van der Waals surface area contributed by atoms with Crippen molar-refractivity contribution < 1.29 is 19.7 Å². The van der Waals surface area contributed by atoms with E-state index in [0.717, 1.165) is 19.3 Å². The van der Waals surface area contributed by atoms with Gasteiger partial charge in [0.25, 0.3) is 0 Å². The van der Waals surface area contributed by atoms with E-state index in [2.05, 4.69) is 6.92 Å². The summed E-state index contributed by atoms with van der Waals surface area (Å²) < 4.78 is 4.96. The first-order valence-electron chi connectivity index (χ1n) is 5.35. The second-order valence-corrected chi connectivity index (χ2v) is 3.62. The van der Waals surface area contributed by atoms with E-state index in [1.807, 2.05) is 0 Å². The number of ether oxygens (including phenoxy) is 1. The Kier molecular flexibility index (Phi) is 4.64. The van der Waals surface area contributed by atoms with Gasteiger partial charge in [-0.25, -0.2) is 0 Å². The molecule has 0 saturated heterocycles. The molecule has 0 radical (unpaired) electrons. The van der Waals surface area contributed by atoms with Crippen LogP contribution < -0.4 is 4.74 Å². The molecule has 0 fully saturated rings. The molecule has 16 heavy (non-hydrogen) atoms. The van der Waals surface area contributed by atoms with Crippen LogP contribution in [0.1, 0.15) is 32.6 Å². The Balaban J connectivity index is 2.49. The first-order chi connectivity index (χ1) is 7.61. The topological polar surface area (TPSA) is 66.8 Å². The quantitative estimate of drug-likeness (QED) is 0.458. The molecule has 0 saturated carbocycles. The lowest BCUT2D eigenvalue weighted by Gasteiger charge is -2.05. The summed E-state index contributed by atoms with van der Waals surface area (Å²) in [5, 5.41) is 18.3. The number of aromatic hydroxyl groups is 2. The van der Waals surface area contributed by atoms with Crippen molar-refractivity contribution in [3.05, 3.63) is 18.2 Å². The van der Waals surface area contributed by atoms with Crippen molar-refractivity contribution in [3.8, 4) is 17.2 Å². The number of esters is 1. The van der Waals surface area contributed by atoms with Gasteiger partial charge in [-0.05, 0) is 6.42 Å². The first kappa shape index (κ1) is 12.4. The van der Waals surface area contributed by atoms with Gasteiger partial charge in [-0.2, -0.15) is 0 Å². The molecule has 88 valence electrons. The summed E-state index contributed by atoms with van der Waals surface area (Å²) in [4.78, 5) is 11.3. The predicted molar refractivity (Wildman–Crippen MR) is 59.5 cm³/mol. The van der Waals surface area contributed by atoms with E-state index in [9.17, 15) is 4.79 Å². The third kappa shape index (κ3) is 4.21. The van der Waals surface area contributed by atoms with Crippen molar-refractivity contribution in [2.45, 2.75) is 32.6 Å². The van der Waals surface area contributed by atoms with Gasteiger partial charge in [-0.3, -0.25) is 4.79 Å². The average molecular weight is 224 g/mol. The van der Waals surface area contributed by atoms with Crippen molar-refractivity contribution in [3.63, 3.8) is 0 Å². The molecule has 4 heteroatoms. The zero-order valence-corrected chi connectivity index (χ0v) is 9.27. The van der Waals surface area contributed by atoms with E-state index in [1.165, 1.54) is 18.2 Å². The highest BCUT2D eigenvalue weighted by molar-refractivity contribution is 5.72. The fourth-order valence-electron chi connectivity index (χ4n) is 1.33.